The monoisotopic (exact) mass is 543 g/mol. The molecule has 7 nitrogen and oxygen atoms in total. The molecule has 2 amide bonds. The topological polar surface area (TPSA) is 96.0 Å². The molecular weight excluding hydrogens is 532 g/mol. The Morgan fingerprint density at radius 1 is 0.939 bits per heavy atom. The van der Waals surface area contributed by atoms with Gasteiger partial charge in [0.25, 0.3) is 5.91 Å². The second-order valence-electron chi connectivity index (χ2n) is 7.17. The highest BCUT2D eigenvalue weighted by Crippen LogP contribution is 2.65. The number of carbonyl (C=O) groups excluding carboxylic acids is 2. The van der Waals surface area contributed by atoms with Gasteiger partial charge in [0.15, 0.2) is 0 Å². The molecule has 1 aliphatic rings. The Balaban J connectivity index is 1.46. The molecule has 0 bridgehead atoms. The van der Waals surface area contributed by atoms with Crippen molar-refractivity contribution >= 4 is 81.5 Å². The van der Waals surface area contributed by atoms with Crippen LogP contribution in [0.4, 0.5) is 11.6 Å². The maximum atomic E-state index is 12.9. The third-order valence-corrected chi connectivity index (χ3v) is 6.62. The van der Waals surface area contributed by atoms with Crippen molar-refractivity contribution in [2.45, 2.75) is 10.3 Å². The summed E-state index contributed by atoms with van der Waals surface area (Å²) in [6, 6.07) is 11.0. The van der Waals surface area contributed by atoms with Crippen molar-refractivity contribution < 1.29 is 9.59 Å². The predicted molar refractivity (Wildman–Crippen MR) is 130 cm³/mol. The number of amides is 2. The first kappa shape index (κ1) is 23.9. The first-order chi connectivity index (χ1) is 15.7. The molecule has 3 aromatic rings. The lowest BCUT2D eigenvalue weighted by molar-refractivity contribution is -0.117. The fraction of sp³-hybridized carbons (Fsp3) is 0.143. The molecule has 170 valence electrons. The molecule has 0 saturated heterocycles. The summed E-state index contributed by atoms with van der Waals surface area (Å²) in [7, 11) is 0. The van der Waals surface area contributed by atoms with Crippen LogP contribution in [0, 0.1) is 5.92 Å². The SMILES string of the molecule is O=C(NNc1ncccn1)c1cc(NC(=O)[C@H]2[C@H](c3cc(Cl)cc(Cl)c3)C2(Cl)Cl)ccc1Cl. The summed E-state index contributed by atoms with van der Waals surface area (Å²) < 4.78 is -1.33. The molecule has 0 aliphatic heterocycles. The van der Waals surface area contributed by atoms with Crippen LogP contribution in [0.5, 0.6) is 0 Å². The van der Waals surface area contributed by atoms with Crippen molar-refractivity contribution in [3.63, 3.8) is 0 Å². The molecule has 0 spiro atoms. The van der Waals surface area contributed by atoms with E-state index in [4.69, 9.17) is 58.0 Å². The van der Waals surface area contributed by atoms with Crippen molar-refractivity contribution in [1.29, 1.82) is 0 Å². The maximum Gasteiger partial charge on any atom is 0.271 e. The number of hydrogen-bond acceptors (Lipinski definition) is 5. The van der Waals surface area contributed by atoms with Crippen LogP contribution in [0.2, 0.25) is 15.1 Å². The largest absolute Gasteiger partial charge is 0.326 e. The van der Waals surface area contributed by atoms with Crippen LogP contribution in [-0.2, 0) is 4.79 Å². The average molecular weight is 546 g/mol. The van der Waals surface area contributed by atoms with E-state index < -0.39 is 28.0 Å². The highest BCUT2D eigenvalue weighted by Gasteiger charge is 2.67. The van der Waals surface area contributed by atoms with Gasteiger partial charge in [0, 0.05) is 34.0 Å². The zero-order valence-corrected chi connectivity index (χ0v) is 20.2. The summed E-state index contributed by atoms with van der Waals surface area (Å²) in [4.78, 5) is 33.3. The number of nitrogens with zero attached hydrogens (tertiary/aromatic N) is 2. The summed E-state index contributed by atoms with van der Waals surface area (Å²) >= 11 is 31.1. The molecular formula is C21H14Cl5N5O2. The standard InChI is InChI=1S/C21H14Cl5N5O2/c22-11-6-10(7-12(23)8-11)16-17(21(16,25)26)19(33)29-13-2-3-15(24)14(9-13)18(32)30-31-20-27-4-1-5-28-20/h1-9,16-17H,(H,29,33)(H,30,32)(H,27,28,31)/t16-,17+/m0/s1. The lowest BCUT2D eigenvalue weighted by Crippen LogP contribution is -2.30. The molecule has 4 rings (SSSR count). The van der Waals surface area contributed by atoms with E-state index in [1.165, 1.54) is 24.5 Å². The van der Waals surface area contributed by atoms with Gasteiger partial charge in [0.2, 0.25) is 11.9 Å². The molecule has 0 unspecified atom stereocenters. The number of alkyl halides is 2. The Labute approximate surface area is 213 Å². The van der Waals surface area contributed by atoms with E-state index in [1.54, 1.807) is 30.3 Å². The van der Waals surface area contributed by atoms with Gasteiger partial charge in [-0.15, -0.1) is 23.2 Å². The molecule has 2 atom stereocenters. The second-order valence-corrected chi connectivity index (χ2v) is 9.89. The van der Waals surface area contributed by atoms with E-state index in [-0.39, 0.29) is 16.5 Å². The van der Waals surface area contributed by atoms with Gasteiger partial charge < -0.3 is 5.32 Å². The van der Waals surface area contributed by atoms with E-state index in [9.17, 15) is 9.59 Å². The molecule has 1 saturated carbocycles. The van der Waals surface area contributed by atoms with Crippen LogP contribution in [-0.4, -0.2) is 26.1 Å². The van der Waals surface area contributed by atoms with Crippen molar-refractivity contribution in [3.8, 4) is 0 Å². The van der Waals surface area contributed by atoms with E-state index in [0.29, 0.717) is 21.3 Å². The van der Waals surface area contributed by atoms with E-state index >= 15 is 0 Å². The van der Waals surface area contributed by atoms with Gasteiger partial charge in [-0.05, 0) is 48.0 Å². The Morgan fingerprint density at radius 2 is 1.61 bits per heavy atom. The van der Waals surface area contributed by atoms with Gasteiger partial charge in [-0.2, -0.15) is 0 Å². The third kappa shape index (κ3) is 5.28. The number of hydrazine groups is 1. The number of nitrogens with one attached hydrogen (secondary N) is 3. The lowest BCUT2D eigenvalue weighted by Gasteiger charge is -2.11. The van der Waals surface area contributed by atoms with Crippen molar-refractivity contribution in [2.75, 3.05) is 10.7 Å². The molecule has 12 heteroatoms. The Bertz CT molecular complexity index is 1200. The zero-order chi connectivity index (χ0) is 23.8. The van der Waals surface area contributed by atoms with Gasteiger partial charge in [-0.1, -0.05) is 34.8 Å². The molecule has 1 heterocycles. The Kier molecular flexibility index (Phi) is 6.88. The smallest absolute Gasteiger partial charge is 0.271 e. The maximum absolute atomic E-state index is 12.9. The molecule has 1 aromatic heterocycles. The predicted octanol–water partition coefficient (Wildman–Crippen LogP) is 5.72. The fourth-order valence-electron chi connectivity index (χ4n) is 3.36. The van der Waals surface area contributed by atoms with E-state index in [2.05, 4.69) is 26.1 Å². The Morgan fingerprint density at radius 3 is 2.27 bits per heavy atom. The van der Waals surface area contributed by atoms with Crippen molar-refractivity contribution in [1.82, 2.24) is 15.4 Å². The lowest BCUT2D eigenvalue weighted by atomic mass is 10.1. The number of aromatic nitrogens is 2. The minimum atomic E-state index is -1.33. The van der Waals surface area contributed by atoms with Gasteiger partial charge in [-0.25, -0.2) is 9.97 Å². The van der Waals surface area contributed by atoms with Crippen molar-refractivity contribution in [3.05, 3.63) is 81.1 Å². The summed E-state index contributed by atoms with van der Waals surface area (Å²) in [5.74, 6) is -2.02. The highest BCUT2D eigenvalue weighted by molar-refractivity contribution is 6.53. The summed E-state index contributed by atoms with van der Waals surface area (Å²) in [6.07, 6.45) is 3.03. The second kappa shape index (κ2) is 9.52. The normalized spacial score (nSPS) is 18.3. The Hall–Kier alpha value is -2.29. The summed E-state index contributed by atoms with van der Waals surface area (Å²) in [5, 5.41) is 3.74. The summed E-state index contributed by atoms with van der Waals surface area (Å²) in [6.45, 7) is 0. The van der Waals surface area contributed by atoms with Crippen LogP contribution in [0.25, 0.3) is 0 Å². The first-order valence-corrected chi connectivity index (χ1v) is 11.3. The fourth-order valence-corrected chi connectivity index (χ4v) is 4.94. The average Bonchev–Trinajstić information content (AvgIpc) is 3.35. The van der Waals surface area contributed by atoms with Crippen LogP contribution in [0.1, 0.15) is 21.8 Å². The third-order valence-electron chi connectivity index (χ3n) is 4.91. The van der Waals surface area contributed by atoms with E-state index in [0.717, 1.165) is 0 Å². The van der Waals surface area contributed by atoms with E-state index in [1.807, 2.05) is 0 Å². The van der Waals surface area contributed by atoms with Crippen LogP contribution in [0.3, 0.4) is 0 Å². The number of anilines is 2. The summed E-state index contributed by atoms with van der Waals surface area (Å²) in [5.41, 5.74) is 6.14. The molecule has 2 aromatic carbocycles. The van der Waals surface area contributed by atoms with Crippen LogP contribution in [0.15, 0.2) is 54.9 Å². The number of halogens is 5. The number of rotatable bonds is 6. The van der Waals surface area contributed by atoms with Crippen molar-refractivity contribution in [2.24, 2.45) is 5.92 Å². The van der Waals surface area contributed by atoms with Gasteiger partial charge in [0.1, 0.15) is 4.33 Å². The minimum absolute atomic E-state index is 0.120. The number of benzene rings is 2. The van der Waals surface area contributed by atoms with Gasteiger partial charge in [0.05, 0.1) is 16.5 Å². The highest BCUT2D eigenvalue weighted by atomic mass is 35.5. The molecule has 1 aliphatic carbocycles. The number of hydrogen-bond donors (Lipinski definition) is 3. The minimum Gasteiger partial charge on any atom is -0.326 e. The van der Waals surface area contributed by atoms with Gasteiger partial charge >= 0.3 is 0 Å². The molecule has 1 fully saturated rings. The molecule has 3 N–H and O–H groups in total. The van der Waals surface area contributed by atoms with Crippen LogP contribution < -0.4 is 16.2 Å². The van der Waals surface area contributed by atoms with Crippen LogP contribution >= 0.6 is 58.0 Å². The number of carbonyl (C=O) groups is 2. The quantitative estimate of drug-likeness (QED) is 0.272. The zero-order valence-electron chi connectivity index (χ0n) is 16.5. The first-order valence-electron chi connectivity index (χ1n) is 9.44. The molecule has 0 radical (unpaired) electrons. The molecule has 33 heavy (non-hydrogen) atoms. The van der Waals surface area contributed by atoms with Gasteiger partial charge in [-0.3, -0.25) is 20.4 Å².